The molecule has 0 bridgehead atoms. The fourth-order valence-corrected chi connectivity index (χ4v) is 1.30. The van der Waals surface area contributed by atoms with Gasteiger partial charge in [-0.3, -0.25) is 0 Å². The van der Waals surface area contributed by atoms with E-state index in [1.165, 1.54) is 44.9 Å². The van der Waals surface area contributed by atoms with Gasteiger partial charge in [0, 0.05) is 0 Å². The van der Waals surface area contributed by atoms with Crippen LogP contribution in [0.3, 0.4) is 0 Å². The van der Waals surface area contributed by atoms with Gasteiger partial charge in [-0.05, 0) is 0 Å². The van der Waals surface area contributed by atoms with Crippen LogP contribution in [-0.4, -0.2) is 17.7 Å². The van der Waals surface area contributed by atoms with Crippen molar-refractivity contribution in [3.63, 3.8) is 0 Å². The van der Waals surface area contributed by atoms with Gasteiger partial charge in [-0.1, -0.05) is 0 Å². The molecule has 0 saturated carbocycles. The van der Waals surface area contributed by atoms with Gasteiger partial charge in [-0.2, -0.15) is 0 Å². The molecule has 0 aliphatic carbocycles. The van der Waals surface area contributed by atoms with E-state index in [1.807, 2.05) is 17.7 Å². The summed E-state index contributed by atoms with van der Waals surface area (Å²) in [5.41, 5.74) is 0. The third-order valence-electron chi connectivity index (χ3n) is 2.08. The van der Waals surface area contributed by atoms with Gasteiger partial charge in [0.1, 0.15) is 0 Å². The fourth-order valence-electron chi connectivity index (χ4n) is 1.30. The van der Waals surface area contributed by atoms with Crippen LogP contribution in [0.2, 0.25) is 0 Å². The van der Waals surface area contributed by atoms with Crippen molar-refractivity contribution in [3.8, 4) is 10.5 Å². The van der Waals surface area contributed by atoms with Gasteiger partial charge in [0.25, 0.3) is 0 Å². The normalized spacial score (nSPS) is 9.25. The standard InChI is InChI=1S/C11H19.Li/c1-3-5-7-9-11-10-8-6-4-2;/h3,5-11H2,1H3;. The van der Waals surface area contributed by atoms with E-state index in [1.54, 1.807) is 0 Å². The second kappa shape index (κ2) is 11.2. The molecule has 0 aliphatic rings. The fraction of sp³-hybridized carbons (Fsp3) is 0.818. The topological polar surface area (TPSA) is 0 Å². The van der Waals surface area contributed by atoms with Gasteiger partial charge in [0.15, 0.2) is 0 Å². The summed E-state index contributed by atoms with van der Waals surface area (Å²) in [6.07, 6.45) is 10.8. The molecule has 0 spiro atoms. The van der Waals surface area contributed by atoms with Crippen molar-refractivity contribution in [2.24, 2.45) is 0 Å². The van der Waals surface area contributed by atoms with E-state index in [4.69, 9.17) is 0 Å². The van der Waals surface area contributed by atoms with E-state index < -0.39 is 0 Å². The van der Waals surface area contributed by atoms with E-state index in [9.17, 15) is 0 Å². The molecule has 0 saturated heterocycles. The van der Waals surface area contributed by atoms with Crippen LogP contribution in [0.5, 0.6) is 0 Å². The maximum atomic E-state index is 3.10. The van der Waals surface area contributed by atoms with Crippen molar-refractivity contribution in [1.29, 1.82) is 0 Å². The Balaban J connectivity index is 2.84. The molecule has 0 unspecified atom stereocenters. The van der Waals surface area contributed by atoms with Crippen LogP contribution in [0, 0.1) is 10.5 Å². The zero-order valence-corrected chi connectivity index (χ0v) is 8.66. The van der Waals surface area contributed by atoms with Gasteiger partial charge in [0.2, 0.25) is 0 Å². The summed E-state index contributed by atoms with van der Waals surface area (Å²) in [5, 5.41) is 0. The summed E-state index contributed by atoms with van der Waals surface area (Å²) in [5.74, 6) is 3.10. The van der Waals surface area contributed by atoms with Crippen molar-refractivity contribution in [2.75, 3.05) is 0 Å². The Morgan fingerprint density at radius 3 is 2.08 bits per heavy atom. The van der Waals surface area contributed by atoms with Gasteiger partial charge in [-0.25, -0.2) is 0 Å². The van der Waals surface area contributed by atoms with Crippen LogP contribution < -0.4 is 0 Å². The first-order chi connectivity index (χ1) is 5.91. The van der Waals surface area contributed by atoms with Crippen LogP contribution in [-0.2, 0) is 0 Å². The third kappa shape index (κ3) is 10.2. The van der Waals surface area contributed by atoms with Crippen molar-refractivity contribution < 1.29 is 0 Å². The molecule has 0 aromatic carbocycles. The molecular weight excluding hydrogens is 139 g/mol. The molecule has 1 heteroatoms. The summed E-state index contributed by atoms with van der Waals surface area (Å²) in [7, 11) is 0. The SMILES string of the molecule is [Li][C]#CCCCCCCCCC. The summed E-state index contributed by atoms with van der Waals surface area (Å²) < 4.78 is 2.93. The molecular formula is C11H19Li. The Labute approximate surface area is 86.7 Å². The predicted octanol–water partition coefficient (Wildman–Crippen LogP) is 3.26. The molecule has 0 aromatic rings. The monoisotopic (exact) mass is 158 g/mol. The Morgan fingerprint density at radius 1 is 0.917 bits per heavy atom. The quantitative estimate of drug-likeness (QED) is 0.303. The van der Waals surface area contributed by atoms with Crippen LogP contribution in [0.25, 0.3) is 0 Å². The van der Waals surface area contributed by atoms with E-state index in [2.05, 4.69) is 17.4 Å². The molecule has 0 nitrogen and oxygen atoms in total. The van der Waals surface area contributed by atoms with E-state index in [0.29, 0.717) is 0 Å². The van der Waals surface area contributed by atoms with Gasteiger partial charge in [0.05, 0.1) is 0 Å². The summed E-state index contributed by atoms with van der Waals surface area (Å²) >= 11 is 1.92. The van der Waals surface area contributed by atoms with Crippen molar-refractivity contribution in [1.82, 2.24) is 0 Å². The second-order valence-electron chi connectivity index (χ2n) is 3.30. The third-order valence-corrected chi connectivity index (χ3v) is 2.08. The molecule has 0 fully saturated rings. The molecule has 0 aliphatic heterocycles. The Bertz CT molecular complexity index is 130. The molecule has 0 amide bonds. The second-order valence-corrected chi connectivity index (χ2v) is 3.30. The zero-order valence-electron chi connectivity index (χ0n) is 8.66. The predicted molar refractivity (Wildman–Crippen MR) is 56.1 cm³/mol. The molecule has 64 valence electrons. The Hall–Kier alpha value is 0.157. The van der Waals surface area contributed by atoms with Crippen LogP contribution in [0.4, 0.5) is 0 Å². The summed E-state index contributed by atoms with van der Waals surface area (Å²) in [4.78, 5) is 0. The first-order valence-corrected chi connectivity index (χ1v) is 5.31. The summed E-state index contributed by atoms with van der Waals surface area (Å²) in [6, 6.07) is 0. The van der Waals surface area contributed by atoms with Crippen molar-refractivity contribution in [3.05, 3.63) is 0 Å². The number of rotatable bonds is 7. The minimum absolute atomic E-state index is 1.10. The zero-order chi connectivity index (χ0) is 9.07. The molecule has 12 heavy (non-hydrogen) atoms. The maximum absolute atomic E-state index is 3.10. The van der Waals surface area contributed by atoms with Crippen molar-refractivity contribution >= 4 is 17.7 Å². The van der Waals surface area contributed by atoms with Crippen molar-refractivity contribution in [2.45, 2.75) is 58.3 Å². The van der Waals surface area contributed by atoms with Gasteiger partial charge < -0.3 is 0 Å². The molecule has 0 rings (SSSR count). The first kappa shape index (κ1) is 12.2. The van der Waals surface area contributed by atoms with E-state index >= 15 is 0 Å². The number of hydrogen-bond donors (Lipinski definition) is 0. The molecule has 0 radical (unpaired) electrons. The number of hydrogen-bond acceptors (Lipinski definition) is 0. The average molecular weight is 158 g/mol. The van der Waals surface area contributed by atoms with Crippen LogP contribution in [0.15, 0.2) is 0 Å². The van der Waals surface area contributed by atoms with E-state index in [-0.39, 0.29) is 0 Å². The Morgan fingerprint density at radius 2 is 1.50 bits per heavy atom. The Kier molecular flexibility index (Phi) is 11.3. The molecule has 0 aromatic heterocycles. The molecule has 0 heterocycles. The van der Waals surface area contributed by atoms with Gasteiger partial charge >= 0.3 is 86.5 Å². The molecule has 0 atom stereocenters. The average Bonchev–Trinajstić information content (AvgIpc) is 2.10. The van der Waals surface area contributed by atoms with Crippen LogP contribution in [0.1, 0.15) is 58.3 Å². The number of unbranched alkanes of at least 4 members (excludes halogenated alkanes) is 7. The molecule has 0 N–H and O–H groups in total. The van der Waals surface area contributed by atoms with Crippen LogP contribution >= 0.6 is 0 Å². The van der Waals surface area contributed by atoms with Gasteiger partial charge in [-0.15, -0.1) is 0 Å². The minimum atomic E-state index is 1.10. The summed E-state index contributed by atoms with van der Waals surface area (Å²) in [6.45, 7) is 2.26. The van der Waals surface area contributed by atoms with E-state index in [0.717, 1.165) is 6.42 Å². The first-order valence-electron chi connectivity index (χ1n) is 5.31.